The molecule has 0 atom stereocenters. The number of para-hydroxylation sites is 1. The molecule has 0 radical (unpaired) electrons. The van der Waals surface area contributed by atoms with E-state index in [0.29, 0.717) is 5.75 Å². The van der Waals surface area contributed by atoms with Crippen LogP contribution in [-0.4, -0.2) is 5.11 Å². The van der Waals surface area contributed by atoms with Gasteiger partial charge in [-0.1, -0.05) is 72.8 Å². The first-order chi connectivity index (χ1) is 12.6. The van der Waals surface area contributed by atoms with Gasteiger partial charge in [-0.05, 0) is 64.9 Å². The molecule has 4 aromatic carbocycles. The summed E-state index contributed by atoms with van der Waals surface area (Å²) in [5.74, 6) is 0.325. The van der Waals surface area contributed by atoms with Gasteiger partial charge in [0, 0.05) is 5.56 Å². The van der Waals surface area contributed by atoms with E-state index < -0.39 is 0 Å². The van der Waals surface area contributed by atoms with Crippen LogP contribution in [0, 0.1) is 13.8 Å². The molecule has 0 amide bonds. The van der Waals surface area contributed by atoms with Crippen LogP contribution in [0.3, 0.4) is 0 Å². The maximum atomic E-state index is 10.3. The molecule has 0 aliphatic heterocycles. The fraction of sp³-hybridized carbons (Fsp3) is 0.120. The third kappa shape index (κ3) is 2.86. The Balaban J connectivity index is 1.84. The molecule has 4 rings (SSSR count). The number of aromatic hydroxyl groups is 1. The van der Waals surface area contributed by atoms with Crippen molar-refractivity contribution in [1.82, 2.24) is 0 Å². The zero-order chi connectivity index (χ0) is 18.1. The number of hydrogen-bond donors (Lipinski definition) is 1. The summed E-state index contributed by atoms with van der Waals surface area (Å²) in [6, 6.07) is 26.8. The summed E-state index contributed by atoms with van der Waals surface area (Å²) in [4.78, 5) is 0. The average molecular weight is 338 g/mol. The van der Waals surface area contributed by atoms with Gasteiger partial charge in [-0.3, -0.25) is 0 Å². The number of hydrogen-bond acceptors (Lipinski definition) is 1. The standard InChI is InChI=1S/C25H22O/c1-17-15-20(18(2)22-11-6-5-10-21(17)22)16-19-9-3-4-12-23(19)24-13-7-8-14-25(24)26/h3-15,26H,16H2,1-2H3. The second kappa shape index (κ2) is 6.68. The summed E-state index contributed by atoms with van der Waals surface area (Å²) >= 11 is 0. The summed E-state index contributed by atoms with van der Waals surface area (Å²) in [5.41, 5.74) is 7.18. The molecule has 0 aliphatic carbocycles. The molecular formula is C25H22O. The van der Waals surface area contributed by atoms with E-state index in [1.807, 2.05) is 24.3 Å². The Morgan fingerprint density at radius 1 is 0.654 bits per heavy atom. The lowest BCUT2D eigenvalue weighted by Gasteiger charge is -2.15. The van der Waals surface area contributed by atoms with Crippen molar-refractivity contribution in [3.8, 4) is 16.9 Å². The lowest BCUT2D eigenvalue weighted by molar-refractivity contribution is 0.477. The molecule has 128 valence electrons. The molecular weight excluding hydrogens is 316 g/mol. The normalized spacial score (nSPS) is 11.0. The maximum Gasteiger partial charge on any atom is 0.123 e. The minimum absolute atomic E-state index is 0.325. The third-order valence-corrected chi connectivity index (χ3v) is 5.22. The van der Waals surface area contributed by atoms with Crippen molar-refractivity contribution in [1.29, 1.82) is 0 Å². The largest absolute Gasteiger partial charge is 0.507 e. The minimum Gasteiger partial charge on any atom is -0.507 e. The summed E-state index contributed by atoms with van der Waals surface area (Å²) < 4.78 is 0. The Morgan fingerprint density at radius 3 is 2.04 bits per heavy atom. The van der Waals surface area contributed by atoms with Crippen molar-refractivity contribution in [3.05, 3.63) is 101 Å². The Bertz CT molecular complexity index is 1090. The van der Waals surface area contributed by atoms with Crippen molar-refractivity contribution in [2.45, 2.75) is 20.3 Å². The topological polar surface area (TPSA) is 20.2 Å². The smallest absolute Gasteiger partial charge is 0.123 e. The molecule has 0 saturated carbocycles. The van der Waals surface area contributed by atoms with Crippen LogP contribution in [0.4, 0.5) is 0 Å². The third-order valence-electron chi connectivity index (χ3n) is 5.22. The highest BCUT2D eigenvalue weighted by molar-refractivity contribution is 5.89. The van der Waals surface area contributed by atoms with Crippen LogP contribution in [0.2, 0.25) is 0 Å². The molecule has 1 heteroatoms. The minimum atomic E-state index is 0.325. The van der Waals surface area contributed by atoms with Crippen molar-refractivity contribution >= 4 is 10.8 Å². The molecule has 26 heavy (non-hydrogen) atoms. The summed E-state index contributed by atoms with van der Waals surface area (Å²) in [6.07, 6.45) is 0.849. The van der Waals surface area contributed by atoms with E-state index in [9.17, 15) is 5.11 Å². The molecule has 0 aliphatic rings. The molecule has 0 spiro atoms. The van der Waals surface area contributed by atoms with Crippen LogP contribution in [0.25, 0.3) is 21.9 Å². The second-order valence-corrected chi connectivity index (χ2v) is 6.87. The van der Waals surface area contributed by atoms with Gasteiger partial charge in [0.2, 0.25) is 0 Å². The first-order valence-electron chi connectivity index (χ1n) is 8.99. The highest BCUT2D eigenvalue weighted by Crippen LogP contribution is 2.34. The molecule has 0 fully saturated rings. The zero-order valence-electron chi connectivity index (χ0n) is 15.2. The Morgan fingerprint density at radius 2 is 1.27 bits per heavy atom. The van der Waals surface area contributed by atoms with Gasteiger partial charge in [0.1, 0.15) is 5.75 Å². The molecule has 0 unspecified atom stereocenters. The number of phenols is 1. The van der Waals surface area contributed by atoms with E-state index in [0.717, 1.165) is 17.5 Å². The molecule has 1 nitrogen and oxygen atoms in total. The van der Waals surface area contributed by atoms with Gasteiger partial charge >= 0.3 is 0 Å². The van der Waals surface area contributed by atoms with E-state index in [-0.39, 0.29) is 0 Å². The van der Waals surface area contributed by atoms with Crippen molar-refractivity contribution < 1.29 is 5.11 Å². The van der Waals surface area contributed by atoms with Gasteiger partial charge < -0.3 is 5.11 Å². The van der Waals surface area contributed by atoms with E-state index >= 15 is 0 Å². The molecule has 0 saturated heterocycles. The van der Waals surface area contributed by atoms with E-state index in [1.54, 1.807) is 6.07 Å². The summed E-state index contributed by atoms with van der Waals surface area (Å²) in [5, 5.41) is 12.9. The molecule has 0 bridgehead atoms. The predicted octanol–water partition coefficient (Wildman–Crippen LogP) is 6.42. The quantitative estimate of drug-likeness (QED) is 0.457. The van der Waals surface area contributed by atoms with Crippen LogP contribution in [0.15, 0.2) is 78.9 Å². The van der Waals surface area contributed by atoms with Gasteiger partial charge in [-0.25, -0.2) is 0 Å². The highest BCUT2D eigenvalue weighted by Gasteiger charge is 2.12. The van der Waals surface area contributed by atoms with E-state index in [2.05, 4.69) is 62.4 Å². The molecule has 0 aromatic heterocycles. The van der Waals surface area contributed by atoms with Crippen LogP contribution in [-0.2, 0) is 6.42 Å². The number of aryl methyl sites for hydroxylation is 2. The zero-order valence-corrected chi connectivity index (χ0v) is 15.2. The van der Waals surface area contributed by atoms with Gasteiger partial charge in [0.25, 0.3) is 0 Å². The monoisotopic (exact) mass is 338 g/mol. The molecule has 1 N–H and O–H groups in total. The maximum absolute atomic E-state index is 10.3. The second-order valence-electron chi connectivity index (χ2n) is 6.87. The Hall–Kier alpha value is -3.06. The van der Waals surface area contributed by atoms with Gasteiger partial charge in [-0.15, -0.1) is 0 Å². The number of benzene rings is 4. The van der Waals surface area contributed by atoms with Gasteiger partial charge in [0.15, 0.2) is 0 Å². The fourth-order valence-corrected chi connectivity index (χ4v) is 3.80. The lowest BCUT2D eigenvalue weighted by atomic mass is 9.89. The number of fused-ring (bicyclic) bond motifs is 1. The fourth-order valence-electron chi connectivity index (χ4n) is 3.80. The van der Waals surface area contributed by atoms with Crippen LogP contribution in [0.5, 0.6) is 5.75 Å². The van der Waals surface area contributed by atoms with Gasteiger partial charge in [-0.2, -0.15) is 0 Å². The summed E-state index contributed by atoms with van der Waals surface area (Å²) in [6.45, 7) is 4.39. The first kappa shape index (κ1) is 16.4. The van der Waals surface area contributed by atoms with E-state index in [1.165, 1.54) is 33.0 Å². The molecule has 0 heterocycles. The Kier molecular flexibility index (Phi) is 4.22. The average Bonchev–Trinajstić information content (AvgIpc) is 2.67. The van der Waals surface area contributed by atoms with Crippen molar-refractivity contribution in [3.63, 3.8) is 0 Å². The number of phenolic OH excluding ortho intramolecular Hbond substituents is 1. The lowest BCUT2D eigenvalue weighted by Crippen LogP contribution is -1.97. The SMILES string of the molecule is Cc1cc(Cc2ccccc2-c2ccccc2O)c(C)c2ccccc12. The van der Waals surface area contributed by atoms with Crippen LogP contribution >= 0.6 is 0 Å². The van der Waals surface area contributed by atoms with E-state index in [4.69, 9.17) is 0 Å². The Labute approximate surface area is 154 Å². The van der Waals surface area contributed by atoms with Crippen molar-refractivity contribution in [2.24, 2.45) is 0 Å². The predicted molar refractivity (Wildman–Crippen MR) is 110 cm³/mol. The highest BCUT2D eigenvalue weighted by atomic mass is 16.3. The summed E-state index contributed by atoms with van der Waals surface area (Å²) in [7, 11) is 0. The van der Waals surface area contributed by atoms with Crippen molar-refractivity contribution in [2.75, 3.05) is 0 Å². The van der Waals surface area contributed by atoms with Gasteiger partial charge in [0.05, 0.1) is 0 Å². The van der Waals surface area contributed by atoms with Crippen LogP contribution in [0.1, 0.15) is 22.3 Å². The van der Waals surface area contributed by atoms with Crippen LogP contribution < -0.4 is 0 Å². The first-order valence-corrected chi connectivity index (χ1v) is 8.99. The number of rotatable bonds is 3. The molecule has 4 aromatic rings.